The standard InChI is InChI=1S/C13H22BrN3O/c1-6-15-11-9(14)8-16-12(17-11)10(18-7-2)13(3,4)5/h8,10H,6-7H2,1-5H3,(H,15,16,17). The average Bonchev–Trinajstić information content (AvgIpc) is 2.28. The van der Waals surface area contributed by atoms with E-state index < -0.39 is 0 Å². The number of anilines is 1. The summed E-state index contributed by atoms with van der Waals surface area (Å²) in [6.45, 7) is 11.9. The molecule has 0 spiro atoms. The second kappa shape index (κ2) is 6.48. The maximum absolute atomic E-state index is 5.80. The van der Waals surface area contributed by atoms with Crippen LogP contribution >= 0.6 is 15.9 Å². The molecular weight excluding hydrogens is 294 g/mol. The van der Waals surface area contributed by atoms with Crippen molar-refractivity contribution in [1.82, 2.24) is 9.97 Å². The fraction of sp³-hybridized carbons (Fsp3) is 0.692. The van der Waals surface area contributed by atoms with Crippen LogP contribution in [0, 0.1) is 5.41 Å². The number of hydrogen-bond donors (Lipinski definition) is 1. The van der Waals surface area contributed by atoms with Crippen LogP contribution in [-0.4, -0.2) is 23.1 Å². The van der Waals surface area contributed by atoms with E-state index in [1.165, 1.54) is 0 Å². The Morgan fingerprint density at radius 3 is 2.56 bits per heavy atom. The summed E-state index contributed by atoms with van der Waals surface area (Å²) in [6, 6.07) is 0. The van der Waals surface area contributed by atoms with Gasteiger partial charge in [0.2, 0.25) is 0 Å². The molecular formula is C13H22BrN3O. The molecule has 0 fully saturated rings. The van der Waals surface area contributed by atoms with Gasteiger partial charge in [-0.1, -0.05) is 20.8 Å². The highest BCUT2D eigenvalue weighted by Crippen LogP contribution is 2.35. The van der Waals surface area contributed by atoms with E-state index in [0.717, 1.165) is 22.7 Å². The third kappa shape index (κ3) is 3.92. The topological polar surface area (TPSA) is 47.0 Å². The van der Waals surface area contributed by atoms with Gasteiger partial charge in [0.1, 0.15) is 11.9 Å². The second-order valence-corrected chi connectivity index (χ2v) is 6.01. The van der Waals surface area contributed by atoms with Crippen LogP contribution < -0.4 is 5.32 Å². The van der Waals surface area contributed by atoms with Crippen LogP contribution in [0.4, 0.5) is 5.82 Å². The minimum atomic E-state index is -0.104. The van der Waals surface area contributed by atoms with Gasteiger partial charge in [0.05, 0.1) is 4.47 Å². The molecule has 1 heterocycles. The highest BCUT2D eigenvalue weighted by molar-refractivity contribution is 9.10. The highest BCUT2D eigenvalue weighted by Gasteiger charge is 2.29. The molecule has 1 atom stereocenters. The van der Waals surface area contributed by atoms with E-state index in [0.29, 0.717) is 6.61 Å². The maximum atomic E-state index is 5.80. The number of nitrogens with zero attached hydrogens (tertiary/aromatic N) is 2. The van der Waals surface area contributed by atoms with Crippen molar-refractivity contribution in [2.75, 3.05) is 18.5 Å². The van der Waals surface area contributed by atoms with Gasteiger partial charge in [-0.05, 0) is 35.2 Å². The van der Waals surface area contributed by atoms with Crippen molar-refractivity contribution < 1.29 is 4.74 Å². The van der Waals surface area contributed by atoms with Crippen LogP contribution in [-0.2, 0) is 4.74 Å². The molecule has 0 bridgehead atoms. The largest absolute Gasteiger partial charge is 0.370 e. The molecule has 5 heteroatoms. The van der Waals surface area contributed by atoms with Crippen molar-refractivity contribution in [2.45, 2.75) is 40.7 Å². The summed E-state index contributed by atoms with van der Waals surface area (Å²) in [5.41, 5.74) is -0.0344. The van der Waals surface area contributed by atoms with Crippen LogP contribution in [0.3, 0.4) is 0 Å². The summed E-state index contributed by atoms with van der Waals surface area (Å²) in [5.74, 6) is 1.54. The number of hydrogen-bond acceptors (Lipinski definition) is 4. The van der Waals surface area contributed by atoms with Crippen molar-refractivity contribution >= 4 is 21.7 Å². The first kappa shape index (κ1) is 15.4. The van der Waals surface area contributed by atoms with E-state index in [1.807, 2.05) is 13.8 Å². The lowest BCUT2D eigenvalue weighted by molar-refractivity contribution is -0.0190. The summed E-state index contributed by atoms with van der Waals surface area (Å²) in [5, 5.41) is 3.21. The van der Waals surface area contributed by atoms with Crippen molar-refractivity contribution in [3.63, 3.8) is 0 Å². The van der Waals surface area contributed by atoms with E-state index in [4.69, 9.17) is 4.74 Å². The van der Waals surface area contributed by atoms with Gasteiger partial charge in [0.25, 0.3) is 0 Å². The number of ether oxygens (including phenoxy) is 1. The van der Waals surface area contributed by atoms with E-state index >= 15 is 0 Å². The molecule has 0 saturated heterocycles. The highest BCUT2D eigenvalue weighted by atomic mass is 79.9. The fourth-order valence-electron chi connectivity index (χ4n) is 1.68. The molecule has 0 aliphatic carbocycles. The Hall–Kier alpha value is -0.680. The van der Waals surface area contributed by atoms with Gasteiger partial charge in [0, 0.05) is 19.3 Å². The lowest BCUT2D eigenvalue weighted by Crippen LogP contribution is -2.24. The van der Waals surface area contributed by atoms with Crippen LogP contribution in [0.5, 0.6) is 0 Å². The lowest BCUT2D eigenvalue weighted by Gasteiger charge is -2.29. The lowest BCUT2D eigenvalue weighted by atomic mass is 9.88. The number of rotatable bonds is 5. The molecule has 0 amide bonds. The predicted molar refractivity (Wildman–Crippen MR) is 77.7 cm³/mol. The Kier molecular flexibility index (Phi) is 5.53. The van der Waals surface area contributed by atoms with Crippen molar-refractivity contribution in [3.05, 3.63) is 16.5 Å². The molecule has 1 N–H and O–H groups in total. The summed E-state index contributed by atoms with van der Waals surface area (Å²) in [7, 11) is 0. The van der Waals surface area contributed by atoms with Crippen LogP contribution in [0.25, 0.3) is 0 Å². The summed E-state index contributed by atoms with van der Waals surface area (Å²) in [6.07, 6.45) is 1.67. The monoisotopic (exact) mass is 315 g/mol. The Morgan fingerprint density at radius 2 is 2.06 bits per heavy atom. The Balaban J connectivity index is 3.09. The zero-order valence-corrected chi connectivity index (χ0v) is 13.3. The summed E-state index contributed by atoms with van der Waals surface area (Å²) >= 11 is 3.44. The van der Waals surface area contributed by atoms with Crippen molar-refractivity contribution in [2.24, 2.45) is 5.41 Å². The number of halogens is 1. The van der Waals surface area contributed by atoms with Crippen LogP contribution in [0.2, 0.25) is 0 Å². The second-order valence-electron chi connectivity index (χ2n) is 5.16. The molecule has 1 unspecified atom stereocenters. The number of nitrogens with one attached hydrogen (secondary N) is 1. The third-order valence-corrected chi connectivity index (χ3v) is 3.04. The Labute approximate surface area is 118 Å². The molecule has 1 aromatic rings. The van der Waals surface area contributed by atoms with Crippen molar-refractivity contribution in [1.29, 1.82) is 0 Å². The Bertz CT molecular complexity index is 390. The molecule has 1 aromatic heterocycles. The minimum Gasteiger partial charge on any atom is -0.370 e. The molecule has 1 rings (SSSR count). The SMILES string of the molecule is CCNc1nc(C(OCC)C(C)(C)C)ncc1Br. The quantitative estimate of drug-likeness (QED) is 0.898. The number of aromatic nitrogens is 2. The molecule has 0 saturated carbocycles. The first-order valence-corrected chi connectivity index (χ1v) is 7.07. The van der Waals surface area contributed by atoms with Gasteiger partial charge >= 0.3 is 0 Å². The summed E-state index contributed by atoms with van der Waals surface area (Å²) < 4.78 is 6.67. The van der Waals surface area contributed by atoms with E-state index in [2.05, 4.69) is 52.0 Å². The first-order valence-electron chi connectivity index (χ1n) is 6.28. The third-order valence-electron chi connectivity index (χ3n) is 2.46. The molecule has 102 valence electrons. The van der Waals surface area contributed by atoms with Gasteiger partial charge in [-0.25, -0.2) is 9.97 Å². The van der Waals surface area contributed by atoms with Crippen LogP contribution in [0.15, 0.2) is 10.7 Å². The van der Waals surface area contributed by atoms with Crippen molar-refractivity contribution in [3.8, 4) is 0 Å². The van der Waals surface area contributed by atoms with Gasteiger partial charge in [-0.3, -0.25) is 0 Å². The zero-order valence-electron chi connectivity index (χ0n) is 11.7. The van der Waals surface area contributed by atoms with E-state index in [1.54, 1.807) is 6.20 Å². The molecule has 18 heavy (non-hydrogen) atoms. The molecule has 0 aliphatic heterocycles. The van der Waals surface area contributed by atoms with Crippen LogP contribution in [0.1, 0.15) is 46.5 Å². The van der Waals surface area contributed by atoms with Gasteiger partial charge in [0.15, 0.2) is 5.82 Å². The Morgan fingerprint density at radius 1 is 1.39 bits per heavy atom. The van der Waals surface area contributed by atoms with Gasteiger partial charge in [-0.15, -0.1) is 0 Å². The maximum Gasteiger partial charge on any atom is 0.160 e. The molecule has 0 radical (unpaired) electrons. The molecule has 0 aromatic carbocycles. The average molecular weight is 316 g/mol. The van der Waals surface area contributed by atoms with Gasteiger partial charge in [-0.2, -0.15) is 0 Å². The van der Waals surface area contributed by atoms with Gasteiger partial charge < -0.3 is 10.1 Å². The zero-order chi connectivity index (χ0) is 13.8. The molecule has 0 aliphatic rings. The summed E-state index contributed by atoms with van der Waals surface area (Å²) in [4.78, 5) is 8.94. The normalized spacial score (nSPS) is 13.4. The van der Waals surface area contributed by atoms with E-state index in [9.17, 15) is 0 Å². The molecule has 4 nitrogen and oxygen atoms in total. The van der Waals surface area contributed by atoms with E-state index in [-0.39, 0.29) is 11.5 Å². The smallest absolute Gasteiger partial charge is 0.160 e. The fourth-order valence-corrected chi connectivity index (χ4v) is 2.01. The minimum absolute atomic E-state index is 0.0344. The predicted octanol–water partition coefficient (Wildman–Crippen LogP) is 3.79. The first-order chi connectivity index (χ1) is 8.40.